The van der Waals surface area contributed by atoms with Crippen LogP contribution in [0.2, 0.25) is 0 Å². The van der Waals surface area contributed by atoms with Crippen molar-refractivity contribution < 1.29 is 62.9 Å². The Hall–Kier alpha value is 1.54. The number of hydrazine groups is 1. The van der Waals surface area contributed by atoms with Crippen molar-refractivity contribution in [3.05, 3.63) is 0 Å². The van der Waals surface area contributed by atoms with Gasteiger partial charge in [0.05, 0.1) is 0 Å². The summed E-state index contributed by atoms with van der Waals surface area (Å²) in [5.74, 6) is 4.42. The first-order valence-corrected chi connectivity index (χ1v) is 1.09. The monoisotopic (exact) mass is 116 g/mol. The summed E-state index contributed by atoms with van der Waals surface area (Å²) in [6, 6.07) is 0. The molecule has 4 nitrogen and oxygen atoms in total. The van der Waals surface area contributed by atoms with Crippen LogP contribution in [0.25, 0.3) is 0 Å². The fourth-order valence-electron chi connectivity index (χ4n) is 0. The van der Waals surface area contributed by atoms with Crippen molar-refractivity contribution in [2.75, 3.05) is 0 Å². The summed E-state index contributed by atoms with van der Waals surface area (Å²) in [6.07, 6.45) is 0. The van der Waals surface area contributed by atoms with Gasteiger partial charge >= 0.3 is 58.6 Å². The van der Waals surface area contributed by atoms with Crippen molar-refractivity contribution in [2.24, 2.45) is 5.84 Å². The van der Waals surface area contributed by atoms with E-state index in [-0.39, 0.29) is 52.8 Å². The molecule has 0 saturated heterocycles. The van der Waals surface area contributed by atoms with Crippen molar-refractivity contribution in [1.82, 2.24) is 5.34 Å². The maximum Gasteiger partial charge on any atom is 1.00 e. The largest absolute Gasteiger partial charge is 1.00 e. The summed E-state index contributed by atoms with van der Waals surface area (Å²) < 4.78 is 0. The smallest absolute Gasteiger partial charge is 1.00 e. The third-order valence-corrected chi connectivity index (χ3v) is 0.149. The zero-order valence-corrected chi connectivity index (χ0v) is 6.67. The predicted octanol–water partition coefficient (Wildman–Crippen LogP) is -5.46. The number of rotatable bonds is 1. The Morgan fingerprint density at radius 1 is 1.67 bits per heavy atom. The number of hydrogen-bond acceptors (Lipinski definition) is 4. The van der Waals surface area contributed by atoms with E-state index >= 15 is 0 Å². The quantitative estimate of drug-likeness (QED) is 0.156. The van der Waals surface area contributed by atoms with Crippen LogP contribution in [-0.2, 0) is 0 Å². The molecule has 0 radical (unpaired) electrons. The van der Waals surface area contributed by atoms with Gasteiger partial charge in [-0.15, -0.1) is 0 Å². The second kappa shape index (κ2) is 6.54. The maximum absolute atomic E-state index is 7.68. The molecular weight excluding hydrogens is 110 g/mol. The summed E-state index contributed by atoms with van der Waals surface area (Å²) in [6.45, 7) is 0. The molecule has 0 aromatic heterocycles. The van der Waals surface area contributed by atoms with Gasteiger partial charge in [0.2, 0.25) is 0 Å². The fraction of sp³-hybridized carbons (Fsp3) is 0. The summed E-state index contributed by atoms with van der Waals surface area (Å²) in [7, 11) is -1.59. The standard InChI is InChI=1S/BH5N2O2.K.H/c2-3-1(4)5;;/h3-5H,2H2;;/q;+1;-1. The Morgan fingerprint density at radius 3 is 1.83 bits per heavy atom. The van der Waals surface area contributed by atoms with Crippen LogP contribution in [-0.4, -0.2) is 17.3 Å². The number of hydrogen-bond donors (Lipinski definition) is 4. The van der Waals surface area contributed by atoms with Gasteiger partial charge in [0.15, 0.2) is 0 Å². The molecule has 0 heterocycles. The Morgan fingerprint density at radius 2 is 1.83 bits per heavy atom. The maximum atomic E-state index is 7.68. The first-order valence-electron chi connectivity index (χ1n) is 1.09. The van der Waals surface area contributed by atoms with Crippen LogP contribution in [0.5, 0.6) is 0 Å². The van der Waals surface area contributed by atoms with Gasteiger partial charge in [0.25, 0.3) is 0 Å². The van der Waals surface area contributed by atoms with E-state index in [4.69, 9.17) is 10.0 Å². The Kier molecular flexibility index (Phi) is 11.5. The molecule has 0 fully saturated rings. The normalized spacial score (nSPS) is 6.50. The topological polar surface area (TPSA) is 78.5 Å². The molecule has 0 aliphatic rings. The van der Waals surface area contributed by atoms with Crippen molar-refractivity contribution in [2.45, 2.75) is 0 Å². The number of nitrogens with two attached hydrogens (primary N) is 1. The van der Waals surface area contributed by atoms with Crippen molar-refractivity contribution in [1.29, 1.82) is 0 Å². The molecule has 0 saturated carbocycles. The van der Waals surface area contributed by atoms with Gasteiger partial charge < -0.3 is 11.5 Å². The third kappa shape index (κ3) is 9.11. The summed E-state index contributed by atoms with van der Waals surface area (Å²) in [5.41, 5.74) is 0. The third-order valence-electron chi connectivity index (χ3n) is 0.149. The van der Waals surface area contributed by atoms with Gasteiger partial charge in [-0.2, -0.15) is 0 Å². The molecule has 0 amide bonds. The molecule has 0 aromatic rings. The predicted molar refractivity (Wildman–Crippen MR) is 18.6 cm³/mol. The summed E-state index contributed by atoms with van der Waals surface area (Å²) >= 11 is 0. The van der Waals surface area contributed by atoms with Gasteiger partial charge in [0, 0.05) is 0 Å². The zero-order valence-electron chi connectivity index (χ0n) is 4.55. The van der Waals surface area contributed by atoms with Crippen molar-refractivity contribution in [3.63, 3.8) is 0 Å². The van der Waals surface area contributed by atoms with E-state index in [9.17, 15) is 0 Å². The average Bonchev–Trinajstić information content (AvgIpc) is 1.38. The van der Waals surface area contributed by atoms with Crippen molar-refractivity contribution >= 4 is 7.25 Å². The summed E-state index contributed by atoms with van der Waals surface area (Å²) in [5, 5.41) is 17.0. The van der Waals surface area contributed by atoms with Crippen LogP contribution >= 0.6 is 0 Å². The van der Waals surface area contributed by atoms with Crippen LogP contribution in [0.3, 0.4) is 0 Å². The first-order chi connectivity index (χ1) is 2.27. The Bertz CT molecular complexity index is 29.7. The molecule has 5 N–H and O–H groups in total. The van der Waals surface area contributed by atoms with Gasteiger partial charge in [-0.3, -0.25) is 5.84 Å². The second-order valence-corrected chi connectivity index (χ2v) is 0.540. The molecule has 0 bridgehead atoms. The molecule has 0 aliphatic heterocycles. The van der Waals surface area contributed by atoms with E-state index in [0.717, 1.165) is 0 Å². The molecule has 0 atom stereocenters. The van der Waals surface area contributed by atoms with E-state index in [2.05, 4.69) is 5.84 Å². The van der Waals surface area contributed by atoms with Gasteiger partial charge in [-0.1, -0.05) is 0 Å². The average molecular weight is 116 g/mol. The van der Waals surface area contributed by atoms with Crippen LogP contribution in [0.1, 0.15) is 1.43 Å². The van der Waals surface area contributed by atoms with E-state index < -0.39 is 7.25 Å². The zero-order chi connectivity index (χ0) is 4.28. The molecule has 0 spiro atoms. The molecule has 32 valence electrons. The van der Waals surface area contributed by atoms with Gasteiger partial charge in [0.1, 0.15) is 0 Å². The second-order valence-electron chi connectivity index (χ2n) is 0.540. The SMILES string of the molecule is NNB(O)O.[H-].[K+]. The Labute approximate surface area is 80.1 Å². The van der Waals surface area contributed by atoms with E-state index in [1.165, 1.54) is 0 Å². The van der Waals surface area contributed by atoms with Crippen LogP contribution in [0.15, 0.2) is 0 Å². The molecule has 6 heavy (non-hydrogen) atoms. The van der Waals surface area contributed by atoms with Crippen LogP contribution < -0.4 is 62.6 Å². The minimum atomic E-state index is -1.59. The minimum Gasteiger partial charge on any atom is -1.00 e. The first kappa shape index (κ1) is 10.5. The molecule has 0 aromatic carbocycles. The van der Waals surface area contributed by atoms with Crippen molar-refractivity contribution in [3.8, 4) is 0 Å². The van der Waals surface area contributed by atoms with E-state index in [0.29, 0.717) is 0 Å². The summed E-state index contributed by atoms with van der Waals surface area (Å²) in [4.78, 5) is 0. The molecule has 0 aliphatic carbocycles. The molecule has 6 heteroatoms. The van der Waals surface area contributed by atoms with Crippen LogP contribution in [0, 0.1) is 0 Å². The van der Waals surface area contributed by atoms with Crippen LogP contribution in [0.4, 0.5) is 0 Å². The minimum absolute atomic E-state index is 0. The van der Waals surface area contributed by atoms with E-state index in [1.807, 2.05) is 0 Å². The fourth-order valence-corrected chi connectivity index (χ4v) is 0. The van der Waals surface area contributed by atoms with E-state index in [1.54, 1.807) is 5.34 Å². The number of nitrogens with one attached hydrogen (secondary N) is 1. The Balaban J connectivity index is -0.0000000800. The van der Waals surface area contributed by atoms with Gasteiger partial charge in [-0.05, 0) is 0 Å². The molecule has 0 rings (SSSR count). The molecular formula is H6BKN2O2. The van der Waals surface area contributed by atoms with Gasteiger partial charge in [-0.25, -0.2) is 5.34 Å². The molecule has 0 unspecified atom stereocenters.